The Hall–Kier alpha value is -0.0100. The first-order valence-corrected chi connectivity index (χ1v) is 4.18. The first kappa shape index (κ1) is 8.09. The molecular formula is C8H14ClN. The van der Waals surface area contributed by atoms with Crippen LogP contribution in [0.3, 0.4) is 0 Å². The zero-order valence-corrected chi connectivity index (χ0v) is 7.12. The van der Waals surface area contributed by atoms with Crippen LogP contribution in [0.1, 0.15) is 19.8 Å². The number of halogens is 1. The van der Waals surface area contributed by atoms with Crippen LogP contribution in [0.2, 0.25) is 0 Å². The van der Waals surface area contributed by atoms with E-state index in [9.17, 15) is 0 Å². The molecule has 0 saturated heterocycles. The van der Waals surface area contributed by atoms with Crippen molar-refractivity contribution >= 4 is 11.6 Å². The molecule has 1 aliphatic rings. The van der Waals surface area contributed by atoms with E-state index in [0.29, 0.717) is 5.03 Å². The van der Waals surface area contributed by atoms with Crippen LogP contribution in [-0.2, 0) is 0 Å². The Labute approximate surface area is 67.5 Å². The normalized spacial score (nSPS) is 30.2. The van der Waals surface area contributed by atoms with Gasteiger partial charge in [-0.15, -0.1) is 0 Å². The standard InChI is InChI=1S/C8H14ClN/c1-3-7-4-8(7)10-5-6(2)9/h7-8,10H,2-5H2,1H3. The molecule has 1 nitrogen and oxygen atoms in total. The lowest BCUT2D eigenvalue weighted by atomic mass is 10.3. The summed E-state index contributed by atoms with van der Waals surface area (Å²) in [7, 11) is 0. The molecule has 1 aliphatic carbocycles. The molecule has 0 aliphatic heterocycles. The number of rotatable bonds is 4. The maximum Gasteiger partial charge on any atom is 0.0310 e. The number of hydrogen-bond acceptors (Lipinski definition) is 1. The fraction of sp³-hybridized carbons (Fsp3) is 0.750. The van der Waals surface area contributed by atoms with Gasteiger partial charge >= 0.3 is 0 Å². The van der Waals surface area contributed by atoms with Gasteiger partial charge in [-0.05, 0) is 12.3 Å². The first-order chi connectivity index (χ1) is 4.74. The van der Waals surface area contributed by atoms with Crippen LogP contribution in [0.15, 0.2) is 11.6 Å². The van der Waals surface area contributed by atoms with Crippen LogP contribution in [0, 0.1) is 5.92 Å². The van der Waals surface area contributed by atoms with Crippen molar-refractivity contribution in [1.29, 1.82) is 0 Å². The lowest BCUT2D eigenvalue weighted by Gasteiger charge is -1.99. The van der Waals surface area contributed by atoms with Crippen LogP contribution >= 0.6 is 11.6 Å². The molecule has 1 rings (SSSR count). The highest BCUT2D eigenvalue weighted by Gasteiger charge is 2.34. The van der Waals surface area contributed by atoms with Gasteiger partial charge in [-0.2, -0.15) is 0 Å². The predicted molar refractivity (Wildman–Crippen MR) is 45.2 cm³/mol. The van der Waals surface area contributed by atoms with Gasteiger partial charge in [-0.3, -0.25) is 0 Å². The third-order valence-electron chi connectivity index (χ3n) is 2.00. The van der Waals surface area contributed by atoms with E-state index < -0.39 is 0 Å². The van der Waals surface area contributed by atoms with Gasteiger partial charge in [0.1, 0.15) is 0 Å². The molecule has 0 heterocycles. The molecule has 2 unspecified atom stereocenters. The maximum absolute atomic E-state index is 5.58. The summed E-state index contributed by atoms with van der Waals surface area (Å²) in [5.41, 5.74) is 0. The first-order valence-electron chi connectivity index (χ1n) is 3.80. The SMILES string of the molecule is C=C(Cl)CNC1CC1CC. The Morgan fingerprint density at radius 2 is 2.50 bits per heavy atom. The zero-order valence-electron chi connectivity index (χ0n) is 6.36. The van der Waals surface area contributed by atoms with Crippen molar-refractivity contribution in [2.75, 3.05) is 6.54 Å². The van der Waals surface area contributed by atoms with E-state index in [4.69, 9.17) is 11.6 Å². The van der Waals surface area contributed by atoms with Crippen molar-refractivity contribution < 1.29 is 0 Å². The Morgan fingerprint density at radius 1 is 1.80 bits per heavy atom. The summed E-state index contributed by atoms with van der Waals surface area (Å²) in [6.45, 7) is 6.60. The van der Waals surface area contributed by atoms with E-state index in [2.05, 4.69) is 18.8 Å². The minimum Gasteiger partial charge on any atom is -0.309 e. The van der Waals surface area contributed by atoms with Gasteiger partial charge in [0.15, 0.2) is 0 Å². The largest absolute Gasteiger partial charge is 0.309 e. The van der Waals surface area contributed by atoms with Crippen LogP contribution < -0.4 is 5.32 Å². The van der Waals surface area contributed by atoms with Gasteiger partial charge in [-0.25, -0.2) is 0 Å². The van der Waals surface area contributed by atoms with Crippen molar-refractivity contribution in [2.24, 2.45) is 5.92 Å². The molecule has 2 heteroatoms. The second kappa shape index (κ2) is 3.40. The van der Waals surface area contributed by atoms with Gasteiger partial charge in [0.2, 0.25) is 0 Å². The van der Waals surface area contributed by atoms with Crippen molar-refractivity contribution in [3.63, 3.8) is 0 Å². The average Bonchev–Trinajstić information content (AvgIpc) is 2.61. The molecule has 0 aromatic heterocycles. The van der Waals surface area contributed by atoms with Crippen molar-refractivity contribution in [3.8, 4) is 0 Å². The fourth-order valence-corrected chi connectivity index (χ4v) is 1.27. The third-order valence-corrected chi connectivity index (χ3v) is 2.14. The smallest absolute Gasteiger partial charge is 0.0310 e. The molecule has 58 valence electrons. The molecule has 0 aromatic carbocycles. The van der Waals surface area contributed by atoms with Gasteiger partial charge in [0.05, 0.1) is 0 Å². The van der Waals surface area contributed by atoms with E-state index in [0.717, 1.165) is 18.5 Å². The number of hydrogen-bond donors (Lipinski definition) is 1. The molecular weight excluding hydrogens is 146 g/mol. The van der Waals surface area contributed by atoms with E-state index >= 15 is 0 Å². The van der Waals surface area contributed by atoms with Gasteiger partial charge in [0, 0.05) is 17.6 Å². The molecule has 0 radical (unpaired) electrons. The molecule has 0 amide bonds. The number of nitrogens with one attached hydrogen (secondary N) is 1. The summed E-state index contributed by atoms with van der Waals surface area (Å²) >= 11 is 5.58. The van der Waals surface area contributed by atoms with Gasteiger partial charge in [-0.1, -0.05) is 31.5 Å². The third kappa shape index (κ3) is 2.31. The van der Waals surface area contributed by atoms with E-state index in [-0.39, 0.29) is 0 Å². The van der Waals surface area contributed by atoms with Crippen molar-refractivity contribution in [1.82, 2.24) is 5.32 Å². The lowest BCUT2D eigenvalue weighted by Crippen LogP contribution is -2.19. The minimum absolute atomic E-state index is 0.710. The van der Waals surface area contributed by atoms with Crippen molar-refractivity contribution in [2.45, 2.75) is 25.8 Å². The predicted octanol–water partition coefficient (Wildman–Crippen LogP) is 2.13. The highest BCUT2D eigenvalue weighted by atomic mass is 35.5. The summed E-state index contributed by atoms with van der Waals surface area (Å²) in [5, 5.41) is 4.04. The highest BCUT2D eigenvalue weighted by Crippen LogP contribution is 2.32. The summed E-state index contributed by atoms with van der Waals surface area (Å²) in [4.78, 5) is 0. The Kier molecular flexibility index (Phi) is 2.75. The van der Waals surface area contributed by atoms with E-state index in [1.807, 2.05) is 0 Å². The molecule has 1 saturated carbocycles. The molecule has 0 aromatic rings. The van der Waals surface area contributed by atoms with E-state index in [1.54, 1.807) is 0 Å². The van der Waals surface area contributed by atoms with Crippen LogP contribution in [0.5, 0.6) is 0 Å². The lowest BCUT2D eigenvalue weighted by molar-refractivity contribution is 0.659. The maximum atomic E-state index is 5.58. The van der Waals surface area contributed by atoms with Crippen LogP contribution in [-0.4, -0.2) is 12.6 Å². The Bertz CT molecular complexity index is 133. The summed E-state index contributed by atoms with van der Waals surface area (Å²) < 4.78 is 0. The van der Waals surface area contributed by atoms with E-state index in [1.165, 1.54) is 12.8 Å². The molecule has 2 atom stereocenters. The van der Waals surface area contributed by atoms with Gasteiger partial charge in [0.25, 0.3) is 0 Å². The summed E-state index contributed by atoms with van der Waals surface area (Å²) in [6.07, 6.45) is 2.60. The Balaban J connectivity index is 2.01. The van der Waals surface area contributed by atoms with Crippen LogP contribution in [0.25, 0.3) is 0 Å². The zero-order chi connectivity index (χ0) is 7.56. The second-order valence-electron chi connectivity index (χ2n) is 2.91. The monoisotopic (exact) mass is 159 g/mol. The molecule has 1 fully saturated rings. The Morgan fingerprint density at radius 3 is 2.90 bits per heavy atom. The molecule has 1 N–H and O–H groups in total. The van der Waals surface area contributed by atoms with Gasteiger partial charge < -0.3 is 5.32 Å². The summed E-state index contributed by atoms with van der Waals surface area (Å²) in [5.74, 6) is 0.899. The molecule has 10 heavy (non-hydrogen) atoms. The topological polar surface area (TPSA) is 12.0 Å². The second-order valence-corrected chi connectivity index (χ2v) is 3.44. The summed E-state index contributed by atoms with van der Waals surface area (Å²) in [6, 6.07) is 0.723. The molecule has 0 spiro atoms. The minimum atomic E-state index is 0.710. The quantitative estimate of drug-likeness (QED) is 0.663. The molecule has 0 bridgehead atoms. The van der Waals surface area contributed by atoms with Crippen molar-refractivity contribution in [3.05, 3.63) is 11.6 Å². The fourth-order valence-electron chi connectivity index (χ4n) is 1.19. The van der Waals surface area contributed by atoms with Crippen LogP contribution in [0.4, 0.5) is 0 Å². The average molecular weight is 160 g/mol. The highest BCUT2D eigenvalue weighted by molar-refractivity contribution is 6.29.